The summed E-state index contributed by atoms with van der Waals surface area (Å²) >= 11 is 2.16. The molecule has 0 aromatic carbocycles. The molecular weight excluding hydrogens is 307 g/mol. The second-order valence-electron chi connectivity index (χ2n) is 4.27. The van der Waals surface area contributed by atoms with Crippen molar-refractivity contribution in [2.75, 3.05) is 6.61 Å². The molecule has 22 heavy (non-hydrogen) atoms. The Morgan fingerprint density at radius 1 is 0.864 bits per heavy atom. The van der Waals surface area contributed by atoms with E-state index >= 15 is 0 Å². The first kappa shape index (κ1) is 25.7. The molecule has 0 fully saturated rings. The predicted molar refractivity (Wildman–Crippen MR) is 81.6 cm³/mol. The summed E-state index contributed by atoms with van der Waals surface area (Å²) in [6.07, 6.45) is 0.759. The van der Waals surface area contributed by atoms with Gasteiger partial charge in [0.15, 0.2) is 0 Å². The lowest BCUT2D eigenvalue weighted by molar-refractivity contribution is -0.147. The third-order valence-electron chi connectivity index (χ3n) is 2.56. The number of carbonyl (C=O) groups excluding carboxylic acids is 2. The van der Waals surface area contributed by atoms with Crippen LogP contribution in [0.3, 0.4) is 0 Å². The third-order valence-corrected chi connectivity index (χ3v) is 2.89. The van der Waals surface area contributed by atoms with Crippen molar-refractivity contribution in [3.63, 3.8) is 0 Å². The van der Waals surface area contributed by atoms with Gasteiger partial charge in [0.1, 0.15) is 23.4 Å². The third kappa shape index (κ3) is 15.2. The van der Waals surface area contributed by atoms with E-state index in [1.807, 2.05) is 6.92 Å². The van der Waals surface area contributed by atoms with Crippen LogP contribution in [0.5, 0.6) is 0 Å². The number of rotatable bonds is 7. The number of ketones is 2. The summed E-state index contributed by atoms with van der Waals surface area (Å²) < 4.78 is 4.46. The molecule has 0 heterocycles. The van der Waals surface area contributed by atoms with Gasteiger partial charge in [0.2, 0.25) is 0 Å². The SMILES string of the molecule is CCC(C(C)=O)C(=O)O.CCC(C(C)=O)C(=O)O.CC[O][Al]. The summed E-state index contributed by atoms with van der Waals surface area (Å²) in [5.41, 5.74) is 0. The molecule has 0 amide bonds. The van der Waals surface area contributed by atoms with Gasteiger partial charge in [-0.25, -0.2) is 0 Å². The maximum absolute atomic E-state index is 10.4. The summed E-state index contributed by atoms with van der Waals surface area (Å²) in [5, 5.41) is 16.6. The minimum Gasteiger partial charge on any atom is -0.516 e. The van der Waals surface area contributed by atoms with Crippen LogP contribution in [-0.4, -0.2) is 56.9 Å². The molecule has 0 bridgehead atoms. The first-order valence-corrected chi connectivity index (χ1v) is 7.35. The first-order chi connectivity index (χ1) is 10.1. The van der Waals surface area contributed by atoms with Gasteiger partial charge in [-0.15, -0.1) is 0 Å². The monoisotopic (exact) mass is 332 g/mol. The van der Waals surface area contributed by atoms with Gasteiger partial charge in [0.25, 0.3) is 0 Å². The van der Waals surface area contributed by atoms with Gasteiger partial charge in [0, 0.05) is 6.61 Å². The highest BCUT2D eigenvalue weighted by atomic mass is 27.1. The molecule has 0 spiro atoms. The lowest BCUT2D eigenvalue weighted by Gasteiger charge is -2.01. The van der Waals surface area contributed by atoms with Crippen molar-refractivity contribution < 1.29 is 33.2 Å². The van der Waals surface area contributed by atoms with E-state index in [1.165, 1.54) is 13.8 Å². The first-order valence-electron chi connectivity index (χ1n) is 6.88. The number of Topliss-reactive ketones (excluding diaryl/α,β-unsaturated/α-hetero) is 2. The van der Waals surface area contributed by atoms with E-state index in [0.717, 1.165) is 6.61 Å². The lowest BCUT2D eigenvalue weighted by atomic mass is 10.0. The van der Waals surface area contributed by atoms with Gasteiger partial charge < -0.3 is 14.0 Å². The van der Waals surface area contributed by atoms with E-state index in [4.69, 9.17) is 10.2 Å². The van der Waals surface area contributed by atoms with Gasteiger partial charge in [-0.1, -0.05) is 13.8 Å². The Balaban J connectivity index is -0.000000266. The fourth-order valence-corrected chi connectivity index (χ4v) is 1.27. The highest BCUT2D eigenvalue weighted by Crippen LogP contribution is 2.03. The van der Waals surface area contributed by atoms with Crippen LogP contribution in [-0.2, 0) is 23.0 Å². The molecule has 0 aliphatic carbocycles. The van der Waals surface area contributed by atoms with E-state index in [9.17, 15) is 19.2 Å². The average Bonchev–Trinajstić information content (AvgIpc) is 2.39. The van der Waals surface area contributed by atoms with Crippen LogP contribution >= 0.6 is 0 Å². The van der Waals surface area contributed by atoms with Crippen LogP contribution in [0, 0.1) is 11.8 Å². The molecule has 0 rings (SSSR count). The summed E-state index contributed by atoms with van der Waals surface area (Å²) in [7, 11) is 0. The predicted octanol–water partition coefficient (Wildman–Crippen LogP) is 1.48. The molecule has 0 aliphatic rings. The Bertz CT molecular complexity index is 293. The molecular formula is C14H25AlO7. The standard InChI is InChI=1S/2C6H10O3.C2H5O.Al/c2*1-3-5(4(2)7)6(8)9;1-2-3;/h2*5H,3H2,1-2H3,(H,8,9);2H2,1H3;/q;;-1;+1. The maximum Gasteiger partial charge on any atom is 0.369 e. The van der Waals surface area contributed by atoms with Crippen molar-refractivity contribution in [2.45, 2.75) is 47.5 Å². The molecule has 0 saturated carbocycles. The smallest absolute Gasteiger partial charge is 0.369 e. The quantitative estimate of drug-likeness (QED) is 0.535. The Labute approximate surface area is 139 Å². The largest absolute Gasteiger partial charge is 0.516 e. The number of aliphatic carboxylic acids is 2. The van der Waals surface area contributed by atoms with Gasteiger partial charge in [-0.3, -0.25) is 19.2 Å². The van der Waals surface area contributed by atoms with Crippen molar-refractivity contribution in [1.29, 1.82) is 0 Å². The minimum absolute atomic E-state index is 0.273. The highest BCUT2D eigenvalue weighted by Gasteiger charge is 2.19. The average molecular weight is 332 g/mol. The molecule has 2 atom stereocenters. The molecule has 7 nitrogen and oxygen atoms in total. The second kappa shape index (κ2) is 16.1. The van der Waals surface area contributed by atoms with Crippen LogP contribution in [0.1, 0.15) is 47.5 Å². The Hall–Kier alpha value is -1.23. The van der Waals surface area contributed by atoms with Crippen molar-refractivity contribution in [1.82, 2.24) is 0 Å². The molecule has 126 valence electrons. The Kier molecular flexibility index (Phi) is 18.9. The van der Waals surface area contributed by atoms with Crippen LogP contribution < -0.4 is 0 Å². The zero-order valence-electron chi connectivity index (χ0n) is 13.8. The van der Waals surface area contributed by atoms with Crippen molar-refractivity contribution in [3.05, 3.63) is 0 Å². The molecule has 0 aromatic heterocycles. The number of hydrogen-bond donors (Lipinski definition) is 2. The van der Waals surface area contributed by atoms with Crippen molar-refractivity contribution >= 4 is 40.1 Å². The summed E-state index contributed by atoms with van der Waals surface area (Å²) in [6.45, 7) is 8.67. The van der Waals surface area contributed by atoms with E-state index in [0.29, 0.717) is 12.8 Å². The normalized spacial score (nSPS) is 11.7. The molecule has 2 unspecified atom stereocenters. The Morgan fingerprint density at radius 2 is 1.09 bits per heavy atom. The van der Waals surface area contributed by atoms with E-state index in [1.54, 1.807) is 13.8 Å². The number of carbonyl (C=O) groups is 4. The maximum atomic E-state index is 10.4. The topological polar surface area (TPSA) is 118 Å². The number of carboxylic acids is 2. The highest BCUT2D eigenvalue weighted by molar-refractivity contribution is 5.98. The van der Waals surface area contributed by atoms with Crippen molar-refractivity contribution in [3.8, 4) is 0 Å². The zero-order chi connectivity index (χ0) is 18.3. The summed E-state index contributed by atoms with van der Waals surface area (Å²) in [5.74, 6) is -4.19. The van der Waals surface area contributed by atoms with Gasteiger partial charge in [-0.2, -0.15) is 0 Å². The molecule has 2 radical (unpaired) electrons. The Morgan fingerprint density at radius 3 is 1.09 bits per heavy atom. The van der Waals surface area contributed by atoms with Crippen LogP contribution in [0.15, 0.2) is 0 Å². The van der Waals surface area contributed by atoms with Crippen molar-refractivity contribution in [2.24, 2.45) is 11.8 Å². The van der Waals surface area contributed by atoms with Gasteiger partial charge in [0.05, 0.1) is 0 Å². The van der Waals surface area contributed by atoms with E-state index in [-0.39, 0.29) is 11.6 Å². The van der Waals surface area contributed by atoms with Crippen LogP contribution in [0.2, 0.25) is 0 Å². The molecule has 0 aliphatic heterocycles. The molecule has 8 heteroatoms. The zero-order valence-corrected chi connectivity index (χ0v) is 14.9. The van der Waals surface area contributed by atoms with Gasteiger partial charge >= 0.3 is 28.6 Å². The fourth-order valence-electron chi connectivity index (χ4n) is 1.27. The summed E-state index contributed by atoms with van der Waals surface area (Å²) in [4.78, 5) is 41.2. The second-order valence-corrected chi connectivity index (χ2v) is 4.61. The van der Waals surface area contributed by atoms with Gasteiger partial charge in [-0.05, 0) is 33.6 Å². The van der Waals surface area contributed by atoms with Crippen LogP contribution in [0.4, 0.5) is 0 Å². The van der Waals surface area contributed by atoms with Crippen LogP contribution in [0.25, 0.3) is 0 Å². The van der Waals surface area contributed by atoms with E-state index < -0.39 is 23.8 Å². The minimum atomic E-state index is -1.02. The number of carboxylic acid groups (broad SMARTS) is 2. The molecule has 0 aromatic rings. The number of hydrogen-bond acceptors (Lipinski definition) is 5. The fraction of sp³-hybridized carbons (Fsp3) is 0.714. The summed E-state index contributed by atoms with van der Waals surface area (Å²) in [6, 6.07) is 0. The lowest BCUT2D eigenvalue weighted by Crippen LogP contribution is -2.19. The molecule has 2 N–H and O–H groups in total. The molecule has 0 saturated heterocycles. The van der Waals surface area contributed by atoms with E-state index in [2.05, 4.69) is 20.4 Å².